The Kier molecular flexibility index (Phi) is 4.33. The summed E-state index contributed by atoms with van der Waals surface area (Å²) >= 11 is 0. The highest BCUT2D eigenvalue weighted by molar-refractivity contribution is 5.80. The molecule has 0 radical (unpaired) electrons. The molecule has 6 nitrogen and oxygen atoms in total. The Hall–Kier alpha value is -3.09. The lowest BCUT2D eigenvalue weighted by molar-refractivity contribution is 0.111. The van der Waals surface area contributed by atoms with E-state index in [2.05, 4.69) is 4.98 Å². The van der Waals surface area contributed by atoms with Crippen LogP contribution in [-0.2, 0) is 11.3 Å². The van der Waals surface area contributed by atoms with Crippen LogP contribution in [0.25, 0.3) is 11.1 Å². The second-order valence-corrected chi connectivity index (χ2v) is 5.88. The molecule has 0 spiro atoms. The molecule has 0 amide bonds. The van der Waals surface area contributed by atoms with Crippen molar-refractivity contribution < 1.29 is 4.74 Å². The van der Waals surface area contributed by atoms with E-state index in [9.17, 15) is 15.3 Å². The third-order valence-corrected chi connectivity index (χ3v) is 4.00. The SMILES string of the molecule is N#Cc1c(N)[nH]c(=O)c(C#N)c1-c1cccc(COCC2CC2)c1. The van der Waals surface area contributed by atoms with Crippen molar-refractivity contribution in [1.29, 1.82) is 10.5 Å². The Morgan fingerprint density at radius 2 is 2.00 bits per heavy atom. The number of hydrogen-bond donors (Lipinski definition) is 2. The molecule has 3 rings (SSSR count). The smallest absolute Gasteiger partial charge is 0.268 e. The molecule has 0 saturated heterocycles. The van der Waals surface area contributed by atoms with Crippen LogP contribution >= 0.6 is 0 Å². The number of nitriles is 2. The minimum Gasteiger partial charge on any atom is -0.384 e. The van der Waals surface area contributed by atoms with Crippen molar-refractivity contribution in [3.8, 4) is 23.3 Å². The number of nitrogens with one attached hydrogen (secondary N) is 1. The van der Waals surface area contributed by atoms with E-state index >= 15 is 0 Å². The summed E-state index contributed by atoms with van der Waals surface area (Å²) in [4.78, 5) is 14.3. The largest absolute Gasteiger partial charge is 0.384 e. The van der Waals surface area contributed by atoms with Crippen LogP contribution in [0, 0.1) is 28.6 Å². The van der Waals surface area contributed by atoms with Crippen LogP contribution in [-0.4, -0.2) is 11.6 Å². The molecule has 0 aliphatic heterocycles. The Morgan fingerprint density at radius 3 is 2.67 bits per heavy atom. The zero-order chi connectivity index (χ0) is 17.1. The van der Waals surface area contributed by atoms with Crippen molar-refractivity contribution in [2.75, 3.05) is 12.3 Å². The second kappa shape index (κ2) is 6.57. The van der Waals surface area contributed by atoms with Crippen LogP contribution in [0.15, 0.2) is 29.1 Å². The van der Waals surface area contributed by atoms with E-state index in [0.29, 0.717) is 18.1 Å². The number of aromatic nitrogens is 1. The maximum atomic E-state index is 12.0. The number of rotatable bonds is 5. The zero-order valence-electron chi connectivity index (χ0n) is 13.0. The molecule has 1 aliphatic rings. The Morgan fingerprint density at radius 1 is 1.25 bits per heavy atom. The Labute approximate surface area is 139 Å². The number of hydrogen-bond acceptors (Lipinski definition) is 5. The molecule has 1 aromatic carbocycles. The summed E-state index contributed by atoms with van der Waals surface area (Å²) in [5.41, 5.74) is 6.92. The summed E-state index contributed by atoms with van der Waals surface area (Å²) < 4.78 is 5.67. The number of nitrogens with zero attached hydrogens (tertiary/aromatic N) is 2. The number of pyridine rings is 1. The average molecular weight is 320 g/mol. The molecule has 2 aromatic rings. The van der Waals surface area contributed by atoms with Crippen molar-refractivity contribution in [1.82, 2.24) is 4.98 Å². The molecule has 0 unspecified atom stereocenters. The van der Waals surface area contributed by atoms with E-state index in [1.54, 1.807) is 6.07 Å². The molecule has 6 heteroatoms. The average Bonchev–Trinajstić information content (AvgIpc) is 3.39. The molecular formula is C18H16N4O2. The second-order valence-electron chi connectivity index (χ2n) is 5.88. The van der Waals surface area contributed by atoms with Crippen molar-refractivity contribution in [3.63, 3.8) is 0 Å². The zero-order valence-corrected chi connectivity index (χ0v) is 13.0. The summed E-state index contributed by atoms with van der Waals surface area (Å²) in [7, 11) is 0. The molecule has 1 aromatic heterocycles. The monoisotopic (exact) mass is 320 g/mol. The van der Waals surface area contributed by atoms with Crippen LogP contribution in [0.4, 0.5) is 5.82 Å². The van der Waals surface area contributed by atoms with Gasteiger partial charge in [-0.1, -0.05) is 18.2 Å². The normalized spacial score (nSPS) is 13.2. The number of nitrogens with two attached hydrogens (primary N) is 1. The van der Waals surface area contributed by atoms with Crippen molar-refractivity contribution in [2.24, 2.45) is 5.92 Å². The van der Waals surface area contributed by atoms with E-state index in [1.165, 1.54) is 12.8 Å². The first-order valence-corrected chi connectivity index (χ1v) is 7.67. The van der Waals surface area contributed by atoms with E-state index in [1.807, 2.05) is 30.3 Å². The number of anilines is 1. The third kappa shape index (κ3) is 3.15. The van der Waals surface area contributed by atoms with Crippen LogP contribution in [0.5, 0.6) is 0 Å². The summed E-state index contributed by atoms with van der Waals surface area (Å²) in [5.74, 6) is 0.642. The highest BCUT2D eigenvalue weighted by Gasteiger charge is 2.21. The molecule has 24 heavy (non-hydrogen) atoms. The lowest BCUT2D eigenvalue weighted by Gasteiger charge is -2.10. The van der Waals surface area contributed by atoms with Gasteiger partial charge in [0.25, 0.3) is 5.56 Å². The highest BCUT2D eigenvalue weighted by Crippen LogP contribution is 2.30. The first-order valence-electron chi connectivity index (χ1n) is 7.67. The molecular weight excluding hydrogens is 304 g/mol. The number of ether oxygens (including phenoxy) is 1. The first kappa shape index (κ1) is 15.8. The van der Waals surface area contributed by atoms with Gasteiger partial charge in [0.05, 0.1) is 6.61 Å². The molecule has 1 fully saturated rings. The van der Waals surface area contributed by atoms with Crippen LogP contribution in [0.2, 0.25) is 0 Å². The predicted molar refractivity (Wildman–Crippen MR) is 88.7 cm³/mol. The van der Waals surface area contributed by atoms with E-state index in [4.69, 9.17) is 10.5 Å². The summed E-state index contributed by atoms with van der Waals surface area (Å²) in [5, 5.41) is 18.7. The molecule has 3 N–H and O–H groups in total. The highest BCUT2D eigenvalue weighted by atomic mass is 16.5. The van der Waals surface area contributed by atoms with Gasteiger partial charge in [-0.25, -0.2) is 0 Å². The minimum absolute atomic E-state index is 0.0353. The Balaban J connectivity index is 2.00. The van der Waals surface area contributed by atoms with Crippen LogP contribution in [0.3, 0.4) is 0 Å². The number of benzene rings is 1. The van der Waals surface area contributed by atoms with E-state index < -0.39 is 5.56 Å². The van der Waals surface area contributed by atoms with Gasteiger partial charge in [0.15, 0.2) is 0 Å². The van der Waals surface area contributed by atoms with Crippen molar-refractivity contribution in [3.05, 3.63) is 51.3 Å². The maximum absolute atomic E-state index is 12.0. The fourth-order valence-corrected chi connectivity index (χ4v) is 2.58. The van der Waals surface area contributed by atoms with Gasteiger partial charge in [-0.15, -0.1) is 0 Å². The summed E-state index contributed by atoms with van der Waals surface area (Å²) in [6, 6.07) is 11.1. The summed E-state index contributed by atoms with van der Waals surface area (Å²) in [6.07, 6.45) is 2.45. The lowest BCUT2D eigenvalue weighted by atomic mass is 9.95. The molecule has 1 aliphatic carbocycles. The molecule has 0 bridgehead atoms. The van der Waals surface area contributed by atoms with Crippen LogP contribution in [0.1, 0.15) is 29.5 Å². The van der Waals surface area contributed by atoms with Gasteiger partial charge in [0.2, 0.25) is 0 Å². The summed E-state index contributed by atoms with van der Waals surface area (Å²) in [6.45, 7) is 1.20. The molecule has 120 valence electrons. The fraction of sp³-hybridized carbons (Fsp3) is 0.278. The van der Waals surface area contributed by atoms with Gasteiger partial charge >= 0.3 is 0 Å². The number of H-pyrrole nitrogens is 1. The van der Waals surface area contributed by atoms with Crippen molar-refractivity contribution in [2.45, 2.75) is 19.4 Å². The number of nitrogen functional groups attached to an aromatic ring is 1. The standard InChI is InChI=1S/C18H16N4O2/c19-7-14-16(15(8-20)18(23)22-17(14)21)13-3-1-2-12(6-13)10-24-9-11-4-5-11/h1-3,6,11H,4-5,9-10H2,(H3,21,22,23). The molecule has 0 atom stereocenters. The third-order valence-electron chi connectivity index (χ3n) is 4.00. The van der Waals surface area contributed by atoms with Gasteiger partial charge < -0.3 is 15.5 Å². The van der Waals surface area contributed by atoms with Gasteiger partial charge in [-0.3, -0.25) is 4.79 Å². The Bertz CT molecular complexity index is 914. The maximum Gasteiger partial charge on any atom is 0.268 e. The fourth-order valence-electron chi connectivity index (χ4n) is 2.58. The quantitative estimate of drug-likeness (QED) is 0.877. The molecule has 1 saturated carbocycles. The lowest BCUT2D eigenvalue weighted by Crippen LogP contribution is -2.16. The topological polar surface area (TPSA) is 116 Å². The van der Waals surface area contributed by atoms with Crippen molar-refractivity contribution >= 4 is 5.82 Å². The van der Waals surface area contributed by atoms with Gasteiger partial charge in [0.1, 0.15) is 29.1 Å². The van der Waals surface area contributed by atoms with Gasteiger partial charge in [0, 0.05) is 12.2 Å². The first-order chi connectivity index (χ1) is 11.6. The molecule has 1 heterocycles. The number of aromatic amines is 1. The van der Waals surface area contributed by atoms with E-state index in [0.717, 1.165) is 12.2 Å². The predicted octanol–water partition coefficient (Wildman–Crippen LogP) is 2.29. The van der Waals surface area contributed by atoms with Gasteiger partial charge in [-0.05, 0) is 36.0 Å². The van der Waals surface area contributed by atoms with Crippen LogP contribution < -0.4 is 11.3 Å². The van der Waals surface area contributed by atoms with Gasteiger partial charge in [-0.2, -0.15) is 10.5 Å². The minimum atomic E-state index is -0.598. The van der Waals surface area contributed by atoms with E-state index in [-0.39, 0.29) is 22.5 Å².